The molecule has 21 heavy (non-hydrogen) atoms. The van der Waals surface area contributed by atoms with E-state index in [2.05, 4.69) is 11.9 Å². The third-order valence-corrected chi connectivity index (χ3v) is 4.26. The molecule has 0 spiro atoms. The summed E-state index contributed by atoms with van der Waals surface area (Å²) < 4.78 is 16.4. The van der Waals surface area contributed by atoms with Crippen LogP contribution in [0.25, 0.3) is 0 Å². The smallest absolute Gasteiger partial charge is 0.231 e. The highest BCUT2D eigenvalue weighted by Crippen LogP contribution is 2.37. The van der Waals surface area contributed by atoms with Gasteiger partial charge in [-0.2, -0.15) is 0 Å². The van der Waals surface area contributed by atoms with E-state index < -0.39 is 0 Å². The Hall–Kier alpha value is -1.75. The molecule has 0 N–H and O–H groups in total. The van der Waals surface area contributed by atoms with Gasteiger partial charge in [-0.05, 0) is 38.9 Å². The predicted octanol–water partition coefficient (Wildman–Crippen LogP) is 2.48. The number of piperidine rings is 1. The van der Waals surface area contributed by atoms with E-state index in [1.54, 1.807) is 12.1 Å². The molecular formula is C16H21NO4. The van der Waals surface area contributed by atoms with Crippen molar-refractivity contribution in [1.82, 2.24) is 4.90 Å². The number of hydrogen-bond donors (Lipinski definition) is 0. The molecule has 2 aliphatic heterocycles. The Balaban J connectivity index is 1.61. The van der Waals surface area contributed by atoms with Crippen molar-refractivity contribution < 1.29 is 19.0 Å². The van der Waals surface area contributed by atoms with E-state index in [1.807, 2.05) is 0 Å². The van der Waals surface area contributed by atoms with Crippen LogP contribution in [0.1, 0.15) is 36.0 Å². The molecule has 0 aliphatic carbocycles. The molecule has 0 radical (unpaired) electrons. The molecule has 1 aromatic carbocycles. The summed E-state index contributed by atoms with van der Waals surface area (Å²) in [7, 11) is 2.17. The first-order valence-electron chi connectivity index (χ1n) is 7.50. The van der Waals surface area contributed by atoms with E-state index in [4.69, 9.17) is 14.2 Å². The molecule has 3 rings (SSSR count). The Kier molecular flexibility index (Phi) is 4.29. The number of carbonyl (C=O) groups is 1. The van der Waals surface area contributed by atoms with Crippen LogP contribution >= 0.6 is 0 Å². The molecule has 2 heterocycles. The van der Waals surface area contributed by atoms with Gasteiger partial charge < -0.3 is 19.1 Å². The van der Waals surface area contributed by atoms with Crippen LogP contribution in [0.4, 0.5) is 0 Å². The highest BCUT2D eigenvalue weighted by Gasteiger charge is 2.20. The van der Waals surface area contributed by atoms with E-state index in [9.17, 15) is 4.79 Å². The molecule has 0 aromatic heterocycles. The van der Waals surface area contributed by atoms with Crippen molar-refractivity contribution in [2.75, 3.05) is 27.0 Å². The van der Waals surface area contributed by atoms with Gasteiger partial charge in [0.15, 0.2) is 17.8 Å². The second-order valence-corrected chi connectivity index (χ2v) is 5.63. The van der Waals surface area contributed by atoms with Crippen molar-refractivity contribution in [3.63, 3.8) is 0 Å². The predicted molar refractivity (Wildman–Crippen MR) is 78.3 cm³/mol. The summed E-state index contributed by atoms with van der Waals surface area (Å²) in [6, 6.07) is 4.00. The van der Waals surface area contributed by atoms with E-state index in [1.165, 1.54) is 19.3 Å². The highest BCUT2D eigenvalue weighted by atomic mass is 16.7. The summed E-state index contributed by atoms with van der Waals surface area (Å²) in [5.74, 6) is 1.83. The van der Waals surface area contributed by atoms with E-state index in [-0.39, 0.29) is 6.79 Å². The summed E-state index contributed by atoms with van der Waals surface area (Å²) >= 11 is 0. The average molecular weight is 291 g/mol. The van der Waals surface area contributed by atoms with Crippen molar-refractivity contribution in [3.8, 4) is 17.2 Å². The number of aldehydes is 1. The molecule has 1 aromatic rings. The normalized spacial score (nSPS) is 21.3. The quantitative estimate of drug-likeness (QED) is 0.780. The van der Waals surface area contributed by atoms with Crippen LogP contribution in [0.3, 0.4) is 0 Å². The number of hydrogen-bond acceptors (Lipinski definition) is 5. The van der Waals surface area contributed by atoms with Gasteiger partial charge in [-0.15, -0.1) is 0 Å². The number of ether oxygens (including phenoxy) is 3. The minimum absolute atomic E-state index is 0.198. The van der Waals surface area contributed by atoms with Gasteiger partial charge in [0.1, 0.15) is 5.75 Å². The van der Waals surface area contributed by atoms with Crippen LogP contribution in [0.15, 0.2) is 12.1 Å². The number of benzene rings is 1. The van der Waals surface area contributed by atoms with Crippen molar-refractivity contribution in [2.24, 2.45) is 0 Å². The number of nitrogens with zero attached hydrogens (tertiary/aromatic N) is 1. The molecule has 1 unspecified atom stereocenters. The lowest BCUT2D eigenvalue weighted by molar-refractivity contribution is 0.111. The Labute approximate surface area is 124 Å². The second kappa shape index (κ2) is 6.35. The van der Waals surface area contributed by atoms with Crippen molar-refractivity contribution in [3.05, 3.63) is 17.7 Å². The molecule has 114 valence electrons. The first-order valence-corrected chi connectivity index (χ1v) is 7.50. The number of fused-ring (bicyclic) bond motifs is 1. The maximum atomic E-state index is 11.2. The fourth-order valence-electron chi connectivity index (χ4n) is 2.97. The van der Waals surface area contributed by atoms with E-state index in [0.717, 1.165) is 19.3 Å². The zero-order valence-electron chi connectivity index (χ0n) is 12.3. The minimum Gasteiger partial charge on any atom is -0.493 e. The van der Waals surface area contributed by atoms with Crippen molar-refractivity contribution in [1.29, 1.82) is 0 Å². The molecule has 1 atom stereocenters. The Morgan fingerprint density at radius 1 is 1.33 bits per heavy atom. The zero-order valence-corrected chi connectivity index (χ0v) is 12.3. The summed E-state index contributed by atoms with van der Waals surface area (Å²) in [5.41, 5.74) is 0.510. The van der Waals surface area contributed by atoms with Gasteiger partial charge in [0.05, 0.1) is 12.2 Å². The molecule has 2 aliphatic rings. The molecule has 0 amide bonds. The van der Waals surface area contributed by atoms with Gasteiger partial charge in [0.25, 0.3) is 0 Å². The Morgan fingerprint density at radius 2 is 2.14 bits per heavy atom. The summed E-state index contributed by atoms with van der Waals surface area (Å²) in [6.45, 7) is 1.97. The Morgan fingerprint density at radius 3 is 2.90 bits per heavy atom. The van der Waals surface area contributed by atoms with E-state index in [0.29, 0.717) is 35.5 Å². The van der Waals surface area contributed by atoms with Crippen molar-refractivity contribution >= 4 is 6.29 Å². The summed E-state index contributed by atoms with van der Waals surface area (Å²) in [6.07, 6.45) is 5.57. The molecule has 1 fully saturated rings. The van der Waals surface area contributed by atoms with Crippen LogP contribution in [0.2, 0.25) is 0 Å². The fourth-order valence-corrected chi connectivity index (χ4v) is 2.97. The van der Waals surface area contributed by atoms with Gasteiger partial charge in [-0.3, -0.25) is 4.79 Å². The fraction of sp³-hybridized carbons (Fsp3) is 0.562. The lowest BCUT2D eigenvalue weighted by atomic mass is 10.0. The topological polar surface area (TPSA) is 48.0 Å². The van der Waals surface area contributed by atoms with Gasteiger partial charge in [-0.1, -0.05) is 6.42 Å². The van der Waals surface area contributed by atoms with Crippen LogP contribution in [0, 0.1) is 0 Å². The van der Waals surface area contributed by atoms with E-state index >= 15 is 0 Å². The van der Waals surface area contributed by atoms with Gasteiger partial charge in [0.2, 0.25) is 6.79 Å². The number of likely N-dealkylation sites (tertiary alicyclic amines) is 1. The summed E-state index contributed by atoms with van der Waals surface area (Å²) in [4.78, 5) is 13.6. The molecule has 0 bridgehead atoms. The molecular weight excluding hydrogens is 270 g/mol. The lowest BCUT2D eigenvalue weighted by Crippen LogP contribution is -2.37. The third kappa shape index (κ3) is 3.13. The lowest BCUT2D eigenvalue weighted by Gasteiger charge is -2.32. The van der Waals surface area contributed by atoms with Gasteiger partial charge >= 0.3 is 0 Å². The monoisotopic (exact) mass is 291 g/mol. The molecule has 5 heteroatoms. The third-order valence-electron chi connectivity index (χ3n) is 4.26. The number of rotatable bonds is 5. The minimum atomic E-state index is 0.198. The maximum Gasteiger partial charge on any atom is 0.231 e. The first-order chi connectivity index (χ1) is 10.3. The van der Waals surface area contributed by atoms with Crippen LogP contribution in [-0.4, -0.2) is 44.2 Å². The van der Waals surface area contributed by atoms with Crippen molar-refractivity contribution in [2.45, 2.75) is 31.7 Å². The summed E-state index contributed by atoms with van der Waals surface area (Å²) in [5, 5.41) is 0. The van der Waals surface area contributed by atoms with Crippen LogP contribution in [0.5, 0.6) is 17.2 Å². The molecule has 5 nitrogen and oxygen atoms in total. The standard InChI is InChI=1S/C16H21NO4/c1-17-6-3-2-4-13(17)5-7-19-14-9-16-15(20-11-21-16)8-12(14)10-18/h8-10,13H,2-7,11H2,1H3. The maximum absolute atomic E-state index is 11.2. The number of carbonyl (C=O) groups excluding carboxylic acids is 1. The zero-order chi connectivity index (χ0) is 14.7. The molecule has 0 saturated carbocycles. The second-order valence-electron chi connectivity index (χ2n) is 5.63. The average Bonchev–Trinajstić information content (AvgIpc) is 2.95. The highest BCUT2D eigenvalue weighted by molar-refractivity contribution is 5.81. The van der Waals surface area contributed by atoms with Gasteiger partial charge in [0, 0.05) is 12.1 Å². The Bertz CT molecular complexity index is 517. The van der Waals surface area contributed by atoms with Gasteiger partial charge in [-0.25, -0.2) is 0 Å². The SMILES string of the molecule is CN1CCCCC1CCOc1cc2c(cc1C=O)OCO2. The largest absolute Gasteiger partial charge is 0.493 e. The first kappa shape index (κ1) is 14.2. The molecule has 1 saturated heterocycles. The van der Waals surface area contributed by atoms with Crippen LogP contribution < -0.4 is 14.2 Å². The van der Waals surface area contributed by atoms with Crippen LogP contribution in [-0.2, 0) is 0 Å².